The van der Waals surface area contributed by atoms with E-state index in [1.807, 2.05) is 0 Å². The molecule has 1 aromatic carbocycles. The number of carbonyl (C=O) groups excluding carboxylic acids is 2. The van der Waals surface area contributed by atoms with Crippen molar-refractivity contribution in [3.8, 4) is 0 Å². The summed E-state index contributed by atoms with van der Waals surface area (Å²) in [7, 11) is 1.16. The number of fused-ring (bicyclic) bond motifs is 1. The van der Waals surface area contributed by atoms with E-state index >= 15 is 0 Å². The molecular formula is C20H19F3N6O4S2. The predicted octanol–water partition coefficient (Wildman–Crippen LogP) is 1.36. The van der Waals surface area contributed by atoms with Crippen LogP contribution in [0.5, 0.6) is 0 Å². The number of thioether (sulfide) groups is 2. The fraction of sp³-hybridized carbons (Fsp3) is 0.350. The second-order valence-electron chi connectivity index (χ2n) is 7.69. The number of nitrogens with two attached hydrogens (primary N) is 1. The van der Waals surface area contributed by atoms with E-state index in [1.165, 1.54) is 11.8 Å². The normalized spacial score (nSPS) is 20.8. The molecule has 0 saturated carbocycles. The number of carboxylic acid groups (broad SMARTS) is 1. The van der Waals surface area contributed by atoms with Gasteiger partial charge in [-0.1, -0.05) is 42.1 Å². The topological polar surface area (TPSA) is 143 Å². The van der Waals surface area contributed by atoms with Crippen molar-refractivity contribution in [2.45, 2.75) is 28.8 Å². The third-order valence-corrected chi connectivity index (χ3v) is 7.90. The summed E-state index contributed by atoms with van der Waals surface area (Å²) in [5.41, 5.74) is 6.64. The maximum Gasteiger partial charge on any atom is 0.451 e. The first-order valence-corrected chi connectivity index (χ1v) is 12.1. The molecule has 4 rings (SSSR count). The van der Waals surface area contributed by atoms with E-state index in [2.05, 4.69) is 15.5 Å². The quantitative estimate of drug-likeness (QED) is 0.359. The average Bonchev–Trinajstić information content (AvgIpc) is 3.20. The number of halogens is 3. The second kappa shape index (κ2) is 9.54. The summed E-state index contributed by atoms with van der Waals surface area (Å²) in [5.74, 6) is -3.50. The van der Waals surface area contributed by atoms with Crippen molar-refractivity contribution < 1.29 is 32.7 Å². The Hall–Kier alpha value is -3.04. The van der Waals surface area contributed by atoms with Crippen molar-refractivity contribution in [1.82, 2.24) is 25.0 Å². The van der Waals surface area contributed by atoms with Crippen LogP contribution in [0.2, 0.25) is 0 Å². The van der Waals surface area contributed by atoms with Crippen LogP contribution < -0.4 is 11.1 Å². The summed E-state index contributed by atoms with van der Waals surface area (Å²) in [5, 5.41) is 18.3. The van der Waals surface area contributed by atoms with Gasteiger partial charge >= 0.3 is 12.1 Å². The zero-order chi connectivity index (χ0) is 25.5. The molecule has 4 N–H and O–H groups in total. The van der Waals surface area contributed by atoms with Crippen LogP contribution in [-0.4, -0.2) is 65.5 Å². The molecule has 35 heavy (non-hydrogen) atoms. The highest BCUT2D eigenvalue weighted by molar-refractivity contribution is 8.01. The maximum absolute atomic E-state index is 12.9. The summed E-state index contributed by atoms with van der Waals surface area (Å²) < 4.78 is 39.6. The highest BCUT2D eigenvalue weighted by Gasteiger charge is 2.54. The number of nitrogens with one attached hydrogen (secondary N) is 1. The average molecular weight is 529 g/mol. The Labute approximate surface area is 205 Å². The van der Waals surface area contributed by atoms with Crippen LogP contribution >= 0.6 is 23.5 Å². The van der Waals surface area contributed by atoms with Crippen LogP contribution in [0.15, 0.2) is 46.8 Å². The molecule has 1 fully saturated rings. The molecule has 10 nitrogen and oxygen atoms in total. The number of aromatic nitrogens is 3. The molecule has 0 bridgehead atoms. The Balaban J connectivity index is 1.46. The highest BCUT2D eigenvalue weighted by Crippen LogP contribution is 2.42. The van der Waals surface area contributed by atoms with Crippen LogP contribution in [0.25, 0.3) is 0 Å². The standard InChI is InChI=1S/C20H19F3N6O4S2/c1-28-18(20(21,22)23)26-27-19(28)35-8-10-7-34-16-12(15(31)29(16)13(10)17(32)33)25-14(30)11(24)9-5-3-2-4-6-9/h2-6,11-12,16H,7-8,24H2,1H3,(H,25,30)(H,32,33)/t11?,12?,16-/m0/s1. The van der Waals surface area contributed by atoms with Gasteiger partial charge in [-0.15, -0.1) is 22.0 Å². The van der Waals surface area contributed by atoms with Crippen molar-refractivity contribution in [3.63, 3.8) is 0 Å². The molecule has 3 atom stereocenters. The van der Waals surface area contributed by atoms with E-state index in [0.29, 0.717) is 11.1 Å². The minimum absolute atomic E-state index is 0.00906. The number of rotatable bonds is 7. The fourth-order valence-corrected chi connectivity index (χ4v) is 6.08. The minimum Gasteiger partial charge on any atom is -0.477 e. The van der Waals surface area contributed by atoms with Gasteiger partial charge in [0.15, 0.2) is 5.16 Å². The van der Waals surface area contributed by atoms with Gasteiger partial charge in [0.2, 0.25) is 11.7 Å². The number of benzene rings is 1. The lowest BCUT2D eigenvalue weighted by molar-refractivity contribution is -0.150. The van der Waals surface area contributed by atoms with E-state index in [-0.39, 0.29) is 22.4 Å². The van der Waals surface area contributed by atoms with E-state index < -0.39 is 47.2 Å². The van der Waals surface area contributed by atoms with Crippen LogP contribution in [-0.2, 0) is 27.6 Å². The van der Waals surface area contributed by atoms with E-state index in [1.54, 1.807) is 30.3 Å². The number of hydrogen-bond acceptors (Lipinski definition) is 8. The zero-order valence-electron chi connectivity index (χ0n) is 18.0. The van der Waals surface area contributed by atoms with Gasteiger partial charge in [-0.3, -0.25) is 14.5 Å². The van der Waals surface area contributed by atoms with Crippen molar-refractivity contribution in [2.24, 2.45) is 12.8 Å². The molecule has 2 unspecified atom stereocenters. The van der Waals surface area contributed by atoms with Crippen LogP contribution in [0.4, 0.5) is 13.2 Å². The smallest absolute Gasteiger partial charge is 0.451 e. The number of carbonyl (C=O) groups is 3. The van der Waals surface area contributed by atoms with Crippen molar-refractivity contribution in [2.75, 3.05) is 11.5 Å². The molecule has 15 heteroatoms. The largest absolute Gasteiger partial charge is 0.477 e. The lowest BCUT2D eigenvalue weighted by Gasteiger charge is -2.49. The van der Waals surface area contributed by atoms with Gasteiger partial charge in [0.25, 0.3) is 5.91 Å². The van der Waals surface area contributed by atoms with Crippen molar-refractivity contribution >= 4 is 41.3 Å². The van der Waals surface area contributed by atoms with E-state index in [9.17, 15) is 32.7 Å². The molecule has 1 aromatic heterocycles. The highest BCUT2D eigenvalue weighted by atomic mass is 32.2. The van der Waals surface area contributed by atoms with Crippen LogP contribution in [0.3, 0.4) is 0 Å². The fourth-order valence-electron chi connectivity index (χ4n) is 3.69. The molecule has 186 valence electrons. The van der Waals surface area contributed by atoms with Gasteiger partial charge in [-0.05, 0) is 11.1 Å². The summed E-state index contributed by atoms with van der Waals surface area (Å²) in [6, 6.07) is 6.64. The third-order valence-electron chi connectivity index (χ3n) is 5.45. The lowest BCUT2D eigenvalue weighted by Crippen LogP contribution is -2.71. The van der Waals surface area contributed by atoms with Gasteiger partial charge in [0, 0.05) is 18.6 Å². The molecule has 2 aromatic rings. The zero-order valence-corrected chi connectivity index (χ0v) is 19.7. The van der Waals surface area contributed by atoms with Gasteiger partial charge in [0.1, 0.15) is 23.2 Å². The number of aliphatic carboxylic acids is 1. The number of amides is 2. The lowest BCUT2D eigenvalue weighted by atomic mass is 10.0. The Kier molecular flexibility index (Phi) is 6.83. The van der Waals surface area contributed by atoms with Crippen LogP contribution in [0, 0.1) is 0 Å². The predicted molar refractivity (Wildman–Crippen MR) is 120 cm³/mol. The SMILES string of the molecule is Cn1c(SCC2=C(C(=O)O)N3C(=O)C(NC(=O)C(N)c4ccccc4)[C@@H]3SC2)nnc1C(F)(F)F. The number of β-lactam (4-membered cyclic amide) rings is 1. The molecule has 1 saturated heterocycles. The van der Waals surface area contributed by atoms with Crippen molar-refractivity contribution in [3.05, 3.63) is 53.0 Å². The second-order valence-corrected chi connectivity index (χ2v) is 9.74. The van der Waals surface area contributed by atoms with Gasteiger partial charge < -0.3 is 20.7 Å². The molecule has 2 aliphatic rings. The number of carboxylic acids is 1. The Bertz CT molecular complexity index is 1200. The molecule has 0 aliphatic carbocycles. The van der Waals surface area contributed by atoms with Gasteiger partial charge in [-0.25, -0.2) is 4.79 Å². The number of hydrogen-bond donors (Lipinski definition) is 3. The molecule has 2 aliphatic heterocycles. The number of alkyl halides is 3. The molecule has 0 radical (unpaired) electrons. The van der Waals surface area contributed by atoms with E-state index in [0.717, 1.165) is 28.3 Å². The summed E-state index contributed by atoms with van der Waals surface area (Å²) >= 11 is 2.13. The molecule has 2 amide bonds. The summed E-state index contributed by atoms with van der Waals surface area (Å²) in [6.07, 6.45) is -4.67. The molecule has 3 heterocycles. The van der Waals surface area contributed by atoms with Gasteiger partial charge in [0.05, 0.1) is 0 Å². The first kappa shape index (κ1) is 25.1. The van der Waals surface area contributed by atoms with Crippen molar-refractivity contribution in [1.29, 1.82) is 0 Å². The van der Waals surface area contributed by atoms with Crippen LogP contribution in [0.1, 0.15) is 17.4 Å². The first-order chi connectivity index (χ1) is 16.5. The molecule has 0 spiro atoms. The Morgan fingerprint density at radius 1 is 1.31 bits per heavy atom. The maximum atomic E-state index is 12.9. The Morgan fingerprint density at radius 3 is 2.60 bits per heavy atom. The molecular weight excluding hydrogens is 509 g/mol. The first-order valence-electron chi connectivity index (χ1n) is 10.1. The Morgan fingerprint density at radius 2 is 2.00 bits per heavy atom. The monoisotopic (exact) mass is 528 g/mol. The number of nitrogens with zero attached hydrogens (tertiary/aromatic N) is 4. The summed E-state index contributed by atoms with van der Waals surface area (Å²) in [4.78, 5) is 38.4. The summed E-state index contributed by atoms with van der Waals surface area (Å²) in [6.45, 7) is 0. The van der Waals surface area contributed by atoms with Gasteiger partial charge in [-0.2, -0.15) is 13.2 Å². The third kappa shape index (κ3) is 4.75. The minimum atomic E-state index is -4.67. The van der Waals surface area contributed by atoms with E-state index in [4.69, 9.17) is 5.73 Å².